The van der Waals surface area contributed by atoms with Gasteiger partial charge in [0.25, 0.3) is 11.8 Å². The first kappa shape index (κ1) is 17.9. The molecular formula is C18H21N3O5. The van der Waals surface area contributed by atoms with Crippen LogP contribution in [-0.4, -0.2) is 88.5 Å². The molecule has 0 saturated carbocycles. The molecule has 1 fully saturated rings. The minimum absolute atomic E-state index is 0.0141. The molecule has 0 aliphatic carbocycles. The zero-order valence-electron chi connectivity index (χ0n) is 14.3. The highest BCUT2D eigenvalue weighted by Crippen LogP contribution is 2.17. The summed E-state index contributed by atoms with van der Waals surface area (Å²) in [5.41, 5.74) is 0.416. The van der Waals surface area contributed by atoms with Gasteiger partial charge in [0.15, 0.2) is 5.76 Å². The van der Waals surface area contributed by atoms with Crippen molar-refractivity contribution in [3.8, 4) is 0 Å². The molecule has 0 radical (unpaired) electrons. The second-order valence-corrected chi connectivity index (χ2v) is 6.36. The second kappa shape index (κ2) is 7.57. The number of nitrogens with zero attached hydrogens (tertiary/aromatic N) is 3. The normalized spacial score (nSPS) is 18.5. The standard InChI is InChI=1S/C18H21N3O5/c22-15-14(18(25)26)12-21(17(15)24)11-8-19-6-9-20(10-7-19)16(23)13-4-2-1-3-5-13/h1-5,22H,6-12H2,(H,25,26). The Bertz CT molecular complexity index is 738. The third kappa shape index (κ3) is 3.70. The Kier molecular flexibility index (Phi) is 5.22. The number of aliphatic hydroxyl groups excluding tert-OH is 1. The van der Waals surface area contributed by atoms with Crippen molar-refractivity contribution >= 4 is 17.8 Å². The average molecular weight is 359 g/mol. The van der Waals surface area contributed by atoms with Crippen molar-refractivity contribution in [2.24, 2.45) is 0 Å². The molecular weight excluding hydrogens is 338 g/mol. The Hall–Kier alpha value is -2.87. The van der Waals surface area contributed by atoms with Crippen LogP contribution >= 0.6 is 0 Å². The van der Waals surface area contributed by atoms with Crippen molar-refractivity contribution in [2.75, 3.05) is 45.8 Å². The number of hydrogen-bond donors (Lipinski definition) is 2. The molecule has 138 valence electrons. The summed E-state index contributed by atoms with van der Waals surface area (Å²) in [6.07, 6.45) is 0. The SMILES string of the molecule is O=C(O)C1=C(O)C(=O)N(CCN2CCN(C(=O)c3ccccc3)CC2)C1. The Morgan fingerprint density at radius 1 is 1.00 bits per heavy atom. The van der Waals surface area contributed by atoms with E-state index in [-0.39, 0.29) is 18.0 Å². The fourth-order valence-electron chi connectivity index (χ4n) is 3.17. The molecule has 26 heavy (non-hydrogen) atoms. The van der Waals surface area contributed by atoms with Crippen molar-refractivity contribution in [3.63, 3.8) is 0 Å². The Morgan fingerprint density at radius 2 is 1.65 bits per heavy atom. The van der Waals surface area contributed by atoms with E-state index < -0.39 is 17.6 Å². The van der Waals surface area contributed by atoms with E-state index in [0.29, 0.717) is 44.8 Å². The van der Waals surface area contributed by atoms with Gasteiger partial charge in [0.2, 0.25) is 0 Å². The molecule has 3 rings (SSSR count). The Labute approximate surface area is 150 Å². The van der Waals surface area contributed by atoms with Gasteiger partial charge in [-0.15, -0.1) is 0 Å². The zero-order chi connectivity index (χ0) is 18.7. The lowest BCUT2D eigenvalue weighted by Gasteiger charge is -2.35. The predicted molar refractivity (Wildman–Crippen MR) is 92.7 cm³/mol. The number of rotatable bonds is 5. The molecule has 2 N–H and O–H groups in total. The summed E-state index contributed by atoms with van der Waals surface area (Å²) in [6.45, 7) is 3.41. The van der Waals surface area contributed by atoms with Crippen LogP contribution in [0.5, 0.6) is 0 Å². The van der Waals surface area contributed by atoms with E-state index in [9.17, 15) is 19.5 Å². The first-order valence-corrected chi connectivity index (χ1v) is 8.48. The molecule has 2 amide bonds. The first-order chi connectivity index (χ1) is 12.5. The van der Waals surface area contributed by atoms with Crippen molar-refractivity contribution < 1.29 is 24.6 Å². The van der Waals surface area contributed by atoms with Crippen molar-refractivity contribution in [3.05, 3.63) is 47.2 Å². The van der Waals surface area contributed by atoms with E-state index in [1.165, 1.54) is 4.90 Å². The maximum Gasteiger partial charge on any atom is 0.337 e. The molecule has 0 aromatic heterocycles. The van der Waals surface area contributed by atoms with Crippen LogP contribution in [0.15, 0.2) is 41.7 Å². The van der Waals surface area contributed by atoms with Crippen LogP contribution in [0.2, 0.25) is 0 Å². The van der Waals surface area contributed by atoms with Gasteiger partial charge < -0.3 is 20.0 Å². The van der Waals surface area contributed by atoms with Crippen LogP contribution in [0.4, 0.5) is 0 Å². The average Bonchev–Trinajstić information content (AvgIpc) is 2.95. The van der Waals surface area contributed by atoms with Gasteiger partial charge in [0, 0.05) is 44.8 Å². The van der Waals surface area contributed by atoms with Gasteiger partial charge in [0.1, 0.15) is 5.57 Å². The van der Waals surface area contributed by atoms with E-state index in [0.717, 1.165) is 0 Å². The summed E-state index contributed by atoms with van der Waals surface area (Å²) in [5, 5.41) is 18.6. The van der Waals surface area contributed by atoms with Gasteiger partial charge in [-0.05, 0) is 12.1 Å². The van der Waals surface area contributed by atoms with Gasteiger partial charge in [-0.2, -0.15) is 0 Å². The highest BCUT2D eigenvalue weighted by molar-refractivity contribution is 6.04. The van der Waals surface area contributed by atoms with Crippen molar-refractivity contribution in [1.82, 2.24) is 14.7 Å². The lowest BCUT2D eigenvalue weighted by atomic mass is 10.2. The Balaban J connectivity index is 1.46. The highest BCUT2D eigenvalue weighted by atomic mass is 16.4. The van der Waals surface area contributed by atoms with Crippen LogP contribution in [0.25, 0.3) is 0 Å². The van der Waals surface area contributed by atoms with Gasteiger partial charge >= 0.3 is 5.97 Å². The molecule has 8 heteroatoms. The summed E-state index contributed by atoms with van der Waals surface area (Å²) < 4.78 is 0. The number of aliphatic carboxylic acids is 1. The summed E-state index contributed by atoms with van der Waals surface area (Å²) in [4.78, 5) is 40.5. The number of amides is 2. The molecule has 1 aromatic carbocycles. The number of carbonyl (C=O) groups excluding carboxylic acids is 2. The molecule has 1 aromatic rings. The van der Waals surface area contributed by atoms with Crippen LogP contribution < -0.4 is 0 Å². The van der Waals surface area contributed by atoms with E-state index in [2.05, 4.69) is 4.90 Å². The predicted octanol–water partition coefficient (Wildman–Crippen LogP) is 0.183. The third-order valence-corrected chi connectivity index (χ3v) is 4.75. The Morgan fingerprint density at radius 3 is 2.23 bits per heavy atom. The number of aliphatic hydroxyl groups is 1. The molecule has 0 unspecified atom stereocenters. The summed E-state index contributed by atoms with van der Waals surface area (Å²) >= 11 is 0. The number of carboxylic acids is 1. The minimum atomic E-state index is -1.27. The summed E-state index contributed by atoms with van der Waals surface area (Å²) in [5.74, 6) is -2.57. The summed E-state index contributed by atoms with van der Waals surface area (Å²) in [7, 11) is 0. The van der Waals surface area contributed by atoms with Gasteiger partial charge in [-0.1, -0.05) is 18.2 Å². The minimum Gasteiger partial charge on any atom is -0.503 e. The quantitative estimate of drug-likeness (QED) is 0.778. The first-order valence-electron chi connectivity index (χ1n) is 8.48. The lowest BCUT2D eigenvalue weighted by Crippen LogP contribution is -2.50. The maximum atomic E-state index is 12.4. The van der Waals surface area contributed by atoms with Crippen molar-refractivity contribution in [1.29, 1.82) is 0 Å². The molecule has 1 saturated heterocycles. The van der Waals surface area contributed by atoms with E-state index in [4.69, 9.17) is 5.11 Å². The fourth-order valence-corrected chi connectivity index (χ4v) is 3.17. The van der Waals surface area contributed by atoms with Crippen LogP contribution in [0, 0.1) is 0 Å². The van der Waals surface area contributed by atoms with Crippen LogP contribution in [0.1, 0.15) is 10.4 Å². The molecule has 2 heterocycles. The third-order valence-electron chi connectivity index (χ3n) is 4.75. The fraction of sp³-hybridized carbons (Fsp3) is 0.389. The number of carbonyl (C=O) groups is 3. The highest BCUT2D eigenvalue weighted by Gasteiger charge is 2.34. The largest absolute Gasteiger partial charge is 0.503 e. The number of piperazine rings is 1. The molecule has 0 spiro atoms. The van der Waals surface area contributed by atoms with Gasteiger partial charge in [-0.3, -0.25) is 14.5 Å². The second-order valence-electron chi connectivity index (χ2n) is 6.36. The number of hydrogen-bond acceptors (Lipinski definition) is 5. The maximum absolute atomic E-state index is 12.4. The van der Waals surface area contributed by atoms with Crippen LogP contribution in [-0.2, 0) is 9.59 Å². The van der Waals surface area contributed by atoms with Gasteiger partial charge in [-0.25, -0.2) is 4.79 Å². The van der Waals surface area contributed by atoms with Crippen molar-refractivity contribution in [2.45, 2.75) is 0 Å². The molecule has 0 atom stereocenters. The number of carboxylic acid groups (broad SMARTS) is 1. The smallest absolute Gasteiger partial charge is 0.337 e. The lowest BCUT2D eigenvalue weighted by molar-refractivity contribution is -0.133. The van der Waals surface area contributed by atoms with E-state index in [1.807, 2.05) is 23.1 Å². The topological polar surface area (TPSA) is 101 Å². The van der Waals surface area contributed by atoms with E-state index in [1.54, 1.807) is 12.1 Å². The zero-order valence-corrected chi connectivity index (χ0v) is 14.3. The number of benzene rings is 1. The molecule has 8 nitrogen and oxygen atoms in total. The van der Waals surface area contributed by atoms with Gasteiger partial charge in [0.05, 0.1) is 6.54 Å². The van der Waals surface area contributed by atoms with Crippen LogP contribution in [0.3, 0.4) is 0 Å². The monoisotopic (exact) mass is 359 g/mol. The molecule has 2 aliphatic rings. The molecule has 2 aliphatic heterocycles. The van der Waals surface area contributed by atoms with E-state index >= 15 is 0 Å². The summed E-state index contributed by atoms with van der Waals surface area (Å²) in [6, 6.07) is 9.15. The molecule has 0 bridgehead atoms.